The molecular formula is C23H25N7O. The lowest BCUT2D eigenvalue weighted by molar-refractivity contribution is 0.260. The fourth-order valence-electron chi connectivity index (χ4n) is 4.07. The molecule has 158 valence electrons. The first-order valence-corrected chi connectivity index (χ1v) is 10.5. The van der Waals surface area contributed by atoms with Crippen molar-refractivity contribution in [2.75, 3.05) is 44.7 Å². The molecule has 1 aliphatic rings. The van der Waals surface area contributed by atoms with E-state index in [1.807, 2.05) is 35.2 Å². The third-order valence-corrected chi connectivity index (χ3v) is 5.82. The van der Waals surface area contributed by atoms with Gasteiger partial charge in [0.15, 0.2) is 0 Å². The Hall–Kier alpha value is -3.52. The number of aromatic nitrogens is 5. The van der Waals surface area contributed by atoms with Crippen molar-refractivity contribution in [3.8, 4) is 16.9 Å². The van der Waals surface area contributed by atoms with E-state index in [1.165, 1.54) is 5.56 Å². The summed E-state index contributed by atoms with van der Waals surface area (Å²) in [6, 6.07) is 12.3. The molecule has 0 unspecified atom stereocenters. The van der Waals surface area contributed by atoms with Crippen LogP contribution >= 0.6 is 0 Å². The van der Waals surface area contributed by atoms with Crippen LogP contribution in [0.1, 0.15) is 5.56 Å². The zero-order valence-corrected chi connectivity index (χ0v) is 17.6. The van der Waals surface area contributed by atoms with Crippen LogP contribution < -0.4 is 9.64 Å². The van der Waals surface area contributed by atoms with E-state index in [-0.39, 0.29) is 0 Å². The summed E-state index contributed by atoms with van der Waals surface area (Å²) in [6.07, 6.45) is 8.23. The van der Waals surface area contributed by atoms with E-state index >= 15 is 0 Å². The number of pyridine rings is 1. The Morgan fingerprint density at radius 3 is 2.45 bits per heavy atom. The summed E-state index contributed by atoms with van der Waals surface area (Å²) >= 11 is 0. The Balaban J connectivity index is 1.36. The largest absolute Gasteiger partial charge is 0.497 e. The molecule has 4 aromatic rings. The van der Waals surface area contributed by atoms with Gasteiger partial charge < -0.3 is 9.64 Å². The predicted octanol–water partition coefficient (Wildman–Crippen LogP) is 2.56. The maximum absolute atomic E-state index is 5.31. The second-order valence-electron chi connectivity index (χ2n) is 7.63. The lowest BCUT2D eigenvalue weighted by Crippen LogP contribution is -2.47. The van der Waals surface area contributed by atoms with Crippen LogP contribution in [0.25, 0.3) is 16.9 Å². The second-order valence-corrected chi connectivity index (χ2v) is 7.63. The topological polar surface area (TPSA) is 71.7 Å². The molecule has 0 N–H and O–H groups in total. The van der Waals surface area contributed by atoms with Crippen molar-refractivity contribution in [3.63, 3.8) is 0 Å². The third kappa shape index (κ3) is 4.06. The van der Waals surface area contributed by atoms with E-state index in [1.54, 1.807) is 13.4 Å². The van der Waals surface area contributed by atoms with Crippen LogP contribution in [0, 0.1) is 0 Å². The molecule has 0 aliphatic carbocycles. The molecule has 1 fully saturated rings. The van der Waals surface area contributed by atoms with Gasteiger partial charge in [-0.1, -0.05) is 12.1 Å². The molecule has 1 aliphatic heterocycles. The quantitative estimate of drug-likeness (QED) is 0.479. The van der Waals surface area contributed by atoms with Crippen LogP contribution in [-0.4, -0.2) is 69.3 Å². The van der Waals surface area contributed by atoms with Gasteiger partial charge in [0.2, 0.25) is 0 Å². The average Bonchev–Trinajstić information content (AvgIpc) is 3.32. The maximum atomic E-state index is 5.31. The van der Waals surface area contributed by atoms with Crippen molar-refractivity contribution >= 4 is 11.6 Å². The first-order valence-electron chi connectivity index (χ1n) is 10.5. The summed E-state index contributed by atoms with van der Waals surface area (Å²) in [7, 11) is 1.68. The fraction of sp³-hybridized carbons (Fsp3) is 0.304. The van der Waals surface area contributed by atoms with Crippen LogP contribution in [-0.2, 0) is 6.42 Å². The summed E-state index contributed by atoms with van der Waals surface area (Å²) in [4.78, 5) is 17.8. The minimum Gasteiger partial charge on any atom is -0.497 e. The van der Waals surface area contributed by atoms with Crippen LogP contribution in [0.4, 0.5) is 5.82 Å². The number of piperazine rings is 1. The number of ether oxygens (including phenoxy) is 1. The van der Waals surface area contributed by atoms with Crippen molar-refractivity contribution in [2.45, 2.75) is 6.42 Å². The van der Waals surface area contributed by atoms with Gasteiger partial charge in [-0.3, -0.25) is 9.88 Å². The normalized spacial score (nSPS) is 14.8. The smallest absolute Gasteiger partial charge is 0.254 e. The SMILES string of the molecule is COc1ccc(-c2cnc3ncnn3c2N2CCN(CCc3ccncc3)CC2)cc1. The molecule has 4 heterocycles. The summed E-state index contributed by atoms with van der Waals surface area (Å²) in [6.45, 7) is 4.92. The number of hydrogen-bond donors (Lipinski definition) is 0. The van der Waals surface area contributed by atoms with Crippen molar-refractivity contribution in [1.82, 2.24) is 29.5 Å². The Kier molecular flexibility index (Phi) is 5.45. The van der Waals surface area contributed by atoms with Crippen LogP contribution in [0.5, 0.6) is 5.75 Å². The molecule has 0 saturated carbocycles. The number of anilines is 1. The first-order chi connectivity index (χ1) is 15.3. The fourth-order valence-corrected chi connectivity index (χ4v) is 4.07. The Labute approximate surface area is 181 Å². The number of nitrogens with zero attached hydrogens (tertiary/aromatic N) is 7. The van der Waals surface area contributed by atoms with Gasteiger partial charge in [0.25, 0.3) is 5.78 Å². The van der Waals surface area contributed by atoms with E-state index in [4.69, 9.17) is 4.74 Å². The van der Waals surface area contributed by atoms with Gasteiger partial charge in [0.05, 0.1) is 7.11 Å². The van der Waals surface area contributed by atoms with Gasteiger partial charge in [-0.2, -0.15) is 14.6 Å². The molecule has 0 radical (unpaired) electrons. The number of fused-ring (bicyclic) bond motifs is 1. The number of benzene rings is 1. The standard InChI is InChI=1S/C23H25N7O/c1-31-20-4-2-19(3-5-20)21-16-25-23-26-17-27-30(23)22(21)29-14-12-28(13-15-29)11-8-18-6-9-24-10-7-18/h2-7,9-10,16-17H,8,11-15H2,1H3. The van der Waals surface area contributed by atoms with Gasteiger partial charge in [0.1, 0.15) is 17.9 Å². The van der Waals surface area contributed by atoms with Gasteiger partial charge in [-0.05, 0) is 41.8 Å². The molecule has 1 aromatic carbocycles. The zero-order valence-electron chi connectivity index (χ0n) is 17.6. The van der Waals surface area contributed by atoms with Gasteiger partial charge in [-0.15, -0.1) is 0 Å². The molecule has 0 amide bonds. The molecule has 8 nitrogen and oxygen atoms in total. The van der Waals surface area contributed by atoms with E-state index in [0.717, 1.165) is 61.8 Å². The van der Waals surface area contributed by atoms with E-state index in [2.05, 4.69) is 54.1 Å². The molecule has 1 saturated heterocycles. The Bertz CT molecular complexity index is 1140. The average molecular weight is 416 g/mol. The van der Waals surface area contributed by atoms with Crippen molar-refractivity contribution in [3.05, 3.63) is 66.9 Å². The third-order valence-electron chi connectivity index (χ3n) is 5.82. The highest BCUT2D eigenvalue weighted by Gasteiger charge is 2.23. The number of rotatable bonds is 6. The lowest BCUT2D eigenvalue weighted by Gasteiger charge is -2.36. The molecule has 8 heteroatoms. The summed E-state index contributed by atoms with van der Waals surface area (Å²) in [5.74, 6) is 2.50. The number of methoxy groups -OCH3 is 1. The van der Waals surface area contributed by atoms with E-state index in [0.29, 0.717) is 5.78 Å². The minimum absolute atomic E-state index is 0.618. The van der Waals surface area contributed by atoms with Gasteiger partial charge >= 0.3 is 0 Å². The molecule has 0 spiro atoms. The lowest BCUT2D eigenvalue weighted by atomic mass is 10.1. The summed E-state index contributed by atoms with van der Waals surface area (Å²) < 4.78 is 7.17. The monoisotopic (exact) mass is 415 g/mol. The molecular weight excluding hydrogens is 390 g/mol. The van der Waals surface area contributed by atoms with E-state index in [9.17, 15) is 0 Å². The Morgan fingerprint density at radius 1 is 0.935 bits per heavy atom. The second kappa shape index (κ2) is 8.69. The predicted molar refractivity (Wildman–Crippen MR) is 119 cm³/mol. The highest BCUT2D eigenvalue weighted by molar-refractivity contribution is 5.77. The van der Waals surface area contributed by atoms with Crippen LogP contribution in [0.2, 0.25) is 0 Å². The molecule has 3 aromatic heterocycles. The molecule has 0 bridgehead atoms. The first kappa shape index (κ1) is 19.4. The zero-order chi connectivity index (χ0) is 21.0. The molecule has 0 atom stereocenters. The van der Waals surface area contributed by atoms with Gasteiger partial charge in [-0.25, -0.2) is 4.98 Å². The Morgan fingerprint density at radius 2 is 1.71 bits per heavy atom. The number of hydrogen-bond acceptors (Lipinski definition) is 7. The van der Waals surface area contributed by atoms with Gasteiger partial charge in [0, 0.05) is 56.9 Å². The maximum Gasteiger partial charge on any atom is 0.254 e. The molecule has 5 rings (SSSR count). The van der Waals surface area contributed by atoms with Crippen LogP contribution in [0.15, 0.2) is 61.3 Å². The summed E-state index contributed by atoms with van der Waals surface area (Å²) in [5.41, 5.74) is 3.46. The highest BCUT2D eigenvalue weighted by Crippen LogP contribution is 2.32. The van der Waals surface area contributed by atoms with Crippen molar-refractivity contribution in [2.24, 2.45) is 0 Å². The van der Waals surface area contributed by atoms with Crippen molar-refractivity contribution in [1.29, 1.82) is 0 Å². The van der Waals surface area contributed by atoms with Crippen LogP contribution in [0.3, 0.4) is 0 Å². The van der Waals surface area contributed by atoms with E-state index < -0.39 is 0 Å². The minimum atomic E-state index is 0.618. The summed E-state index contributed by atoms with van der Waals surface area (Å²) in [5, 5.41) is 4.47. The van der Waals surface area contributed by atoms with Crippen molar-refractivity contribution < 1.29 is 4.74 Å². The highest BCUT2D eigenvalue weighted by atomic mass is 16.5. The molecule has 31 heavy (non-hydrogen) atoms.